The Balaban J connectivity index is 1.58. The van der Waals surface area contributed by atoms with Crippen LogP contribution in [0.2, 0.25) is 0 Å². The van der Waals surface area contributed by atoms with Crippen LogP contribution in [-0.2, 0) is 14.9 Å². The predicted molar refractivity (Wildman–Crippen MR) is 91.4 cm³/mol. The summed E-state index contributed by atoms with van der Waals surface area (Å²) in [6, 6.07) is 10.7. The zero-order chi connectivity index (χ0) is 16.3. The van der Waals surface area contributed by atoms with Gasteiger partial charge in [-0.25, -0.2) is 0 Å². The molecule has 1 aromatic rings. The van der Waals surface area contributed by atoms with Gasteiger partial charge < -0.3 is 10.1 Å². The number of ether oxygens (including phenoxy) is 1. The Bertz CT molecular complexity index is 523. The van der Waals surface area contributed by atoms with Gasteiger partial charge in [0.25, 0.3) is 0 Å². The molecule has 0 aromatic heterocycles. The van der Waals surface area contributed by atoms with Crippen LogP contribution in [0.5, 0.6) is 0 Å². The van der Waals surface area contributed by atoms with Crippen molar-refractivity contribution in [3.63, 3.8) is 0 Å². The minimum Gasteiger partial charge on any atom is -0.378 e. The first-order valence-electron chi connectivity index (χ1n) is 8.73. The van der Waals surface area contributed by atoms with Crippen molar-refractivity contribution in [1.82, 2.24) is 10.2 Å². The standard InChI is InChI=1S/C19H28N2O2/c1-19(2,15-8-4-3-5-9-15)12-18(22)20-16-13-23-14-17(16)21-10-6-7-11-21/h3-5,8-9,16-17H,6-7,10-14H2,1-2H3,(H,20,22)/t16-,17-/m1/s1. The summed E-state index contributed by atoms with van der Waals surface area (Å²) in [6.45, 7) is 7.91. The molecule has 4 heteroatoms. The monoisotopic (exact) mass is 316 g/mol. The maximum Gasteiger partial charge on any atom is 0.221 e. The number of hydrogen-bond donors (Lipinski definition) is 1. The van der Waals surface area contributed by atoms with Gasteiger partial charge in [0.1, 0.15) is 0 Å². The first kappa shape index (κ1) is 16.5. The third kappa shape index (κ3) is 3.93. The summed E-state index contributed by atoms with van der Waals surface area (Å²) >= 11 is 0. The summed E-state index contributed by atoms with van der Waals surface area (Å²) in [5.74, 6) is 0.124. The zero-order valence-corrected chi connectivity index (χ0v) is 14.3. The van der Waals surface area contributed by atoms with Gasteiger partial charge in [0, 0.05) is 6.42 Å². The van der Waals surface area contributed by atoms with Gasteiger partial charge in [0.05, 0.1) is 25.3 Å². The topological polar surface area (TPSA) is 41.6 Å². The number of hydrogen-bond acceptors (Lipinski definition) is 3. The fourth-order valence-electron chi connectivity index (χ4n) is 3.76. The second-order valence-corrected chi connectivity index (χ2v) is 7.45. The second-order valence-electron chi connectivity index (χ2n) is 7.45. The Morgan fingerprint density at radius 3 is 2.61 bits per heavy atom. The van der Waals surface area contributed by atoms with Gasteiger partial charge >= 0.3 is 0 Å². The summed E-state index contributed by atoms with van der Waals surface area (Å²) in [7, 11) is 0. The molecule has 4 nitrogen and oxygen atoms in total. The van der Waals surface area contributed by atoms with Crippen LogP contribution in [-0.4, -0.2) is 49.2 Å². The predicted octanol–water partition coefficient (Wildman–Crippen LogP) is 2.33. The van der Waals surface area contributed by atoms with Crippen LogP contribution in [0.15, 0.2) is 30.3 Å². The van der Waals surface area contributed by atoms with Crippen molar-refractivity contribution in [3.8, 4) is 0 Å². The summed E-state index contributed by atoms with van der Waals surface area (Å²) in [4.78, 5) is 15.0. The normalized spacial score (nSPS) is 25.7. The van der Waals surface area contributed by atoms with Crippen LogP contribution in [0.25, 0.3) is 0 Å². The molecule has 1 aromatic carbocycles. The lowest BCUT2D eigenvalue weighted by Gasteiger charge is -2.30. The lowest BCUT2D eigenvalue weighted by atomic mass is 9.81. The Hall–Kier alpha value is -1.39. The summed E-state index contributed by atoms with van der Waals surface area (Å²) in [5.41, 5.74) is 1.04. The molecule has 2 aliphatic rings. The number of nitrogens with one attached hydrogen (secondary N) is 1. The van der Waals surface area contributed by atoms with Crippen molar-refractivity contribution in [2.75, 3.05) is 26.3 Å². The van der Waals surface area contributed by atoms with E-state index in [2.05, 4.69) is 36.2 Å². The smallest absolute Gasteiger partial charge is 0.221 e. The fourth-order valence-corrected chi connectivity index (χ4v) is 3.76. The molecular weight excluding hydrogens is 288 g/mol. The molecule has 0 bridgehead atoms. The maximum absolute atomic E-state index is 12.6. The van der Waals surface area contributed by atoms with E-state index in [9.17, 15) is 4.79 Å². The van der Waals surface area contributed by atoms with Crippen molar-refractivity contribution in [2.24, 2.45) is 0 Å². The number of carbonyl (C=O) groups excluding carboxylic acids is 1. The van der Waals surface area contributed by atoms with Gasteiger partial charge in [-0.15, -0.1) is 0 Å². The highest BCUT2D eigenvalue weighted by Crippen LogP contribution is 2.27. The molecule has 0 aliphatic carbocycles. The summed E-state index contributed by atoms with van der Waals surface area (Å²) in [6.07, 6.45) is 3.02. The van der Waals surface area contributed by atoms with Gasteiger partial charge in [-0.1, -0.05) is 44.2 Å². The molecule has 2 aliphatic heterocycles. The van der Waals surface area contributed by atoms with Gasteiger partial charge in [-0.2, -0.15) is 0 Å². The summed E-state index contributed by atoms with van der Waals surface area (Å²) < 4.78 is 5.64. The minimum atomic E-state index is -0.159. The van der Waals surface area contributed by atoms with Crippen molar-refractivity contribution < 1.29 is 9.53 Å². The number of amides is 1. The third-order valence-electron chi connectivity index (χ3n) is 5.16. The lowest BCUT2D eigenvalue weighted by Crippen LogP contribution is -2.50. The first-order chi connectivity index (χ1) is 11.1. The molecule has 2 saturated heterocycles. The average molecular weight is 316 g/mol. The van der Waals surface area contributed by atoms with E-state index in [0.717, 1.165) is 19.7 Å². The fraction of sp³-hybridized carbons (Fsp3) is 0.632. The number of nitrogens with zero attached hydrogens (tertiary/aromatic N) is 1. The van der Waals surface area contributed by atoms with Crippen LogP contribution in [0.3, 0.4) is 0 Å². The third-order valence-corrected chi connectivity index (χ3v) is 5.16. The average Bonchev–Trinajstić information content (AvgIpc) is 3.18. The molecule has 126 valence electrons. The van der Waals surface area contributed by atoms with Crippen LogP contribution in [0.4, 0.5) is 0 Å². The van der Waals surface area contributed by atoms with E-state index in [1.807, 2.05) is 18.2 Å². The molecule has 2 fully saturated rings. The number of likely N-dealkylation sites (tertiary alicyclic amines) is 1. The lowest BCUT2D eigenvalue weighted by molar-refractivity contribution is -0.123. The molecule has 1 amide bonds. The van der Waals surface area contributed by atoms with E-state index in [1.54, 1.807) is 0 Å². The van der Waals surface area contributed by atoms with Crippen LogP contribution < -0.4 is 5.32 Å². The van der Waals surface area contributed by atoms with Crippen LogP contribution in [0, 0.1) is 0 Å². The minimum absolute atomic E-state index is 0.124. The van der Waals surface area contributed by atoms with E-state index in [1.165, 1.54) is 18.4 Å². The Morgan fingerprint density at radius 1 is 1.22 bits per heavy atom. The van der Waals surface area contributed by atoms with Gasteiger partial charge in [0.15, 0.2) is 0 Å². The van der Waals surface area contributed by atoms with E-state index < -0.39 is 0 Å². The zero-order valence-electron chi connectivity index (χ0n) is 14.3. The number of carbonyl (C=O) groups is 1. The van der Waals surface area contributed by atoms with Gasteiger partial charge in [-0.3, -0.25) is 9.69 Å². The molecule has 2 atom stereocenters. The van der Waals surface area contributed by atoms with Crippen LogP contribution in [0.1, 0.15) is 38.7 Å². The molecule has 1 N–H and O–H groups in total. The van der Waals surface area contributed by atoms with E-state index in [-0.39, 0.29) is 17.4 Å². The summed E-state index contributed by atoms with van der Waals surface area (Å²) in [5, 5.41) is 3.23. The second kappa shape index (κ2) is 7.02. The quantitative estimate of drug-likeness (QED) is 0.906. The van der Waals surface area contributed by atoms with Crippen molar-refractivity contribution in [3.05, 3.63) is 35.9 Å². The molecule has 2 heterocycles. The van der Waals surface area contributed by atoms with Crippen molar-refractivity contribution >= 4 is 5.91 Å². The highest BCUT2D eigenvalue weighted by molar-refractivity contribution is 5.78. The Labute approximate surface area is 139 Å². The van der Waals surface area contributed by atoms with Gasteiger partial charge in [-0.05, 0) is 36.9 Å². The molecule has 0 saturated carbocycles. The largest absolute Gasteiger partial charge is 0.378 e. The molecule has 0 unspecified atom stereocenters. The van der Waals surface area contributed by atoms with Crippen molar-refractivity contribution in [2.45, 2.75) is 50.6 Å². The van der Waals surface area contributed by atoms with Crippen LogP contribution >= 0.6 is 0 Å². The van der Waals surface area contributed by atoms with Gasteiger partial charge in [0.2, 0.25) is 5.91 Å². The molecule has 0 radical (unpaired) electrons. The number of rotatable bonds is 5. The maximum atomic E-state index is 12.6. The first-order valence-corrected chi connectivity index (χ1v) is 8.73. The SMILES string of the molecule is CC(C)(CC(=O)N[C@@H]1COC[C@H]1N1CCCC1)c1ccccc1. The van der Waals surface area contributed by atoms with E-state index in [0.29, 0.717) is 19.1 Å². The number of benzene rings is 1. The molecular formula is C19H28N2O2. The van der Waals surface area contributed by atoms with E-state index in [4.69, 9.17) is 4.74 Å². The van der Waals surface area contributed by atoms with E-state index >= 15 is 0 Å². The highest BCUT2D eigenvalue weighted by Gasteiger charge is 2.36. The molecule has 3 rings (SSSR count). The molecule has 23 heavy (non-hydrogen) atoms. The van der Waals surface area contributed by atoms with Crippen molar-refractivity contribution in [1.29, 1.82) is 0 Å². The Kier molecular flexibility index (Phi) is 5.02. The molecule has 0 spiro atoms. The highest BCUT2D eigenvalue weighted by atomic mass is 16.5. The Morgan fingerprint density at radius 2 is 1.91 bits per heavy atom.